The van der Waals surface area contributed by atoms with Crippen LogP contribution in [0.25, 0.3) is 94.7 Å². The van der Waals surface area contributed by atoms with Crippen LogP contribution in [0.4, 0.5) is 0 Å². The fraction of sp³-hybridized carbons (Fsp3) is 0. The van der Waals surface area contributed by atoms with E-state index in [1.807, 2.05) is 60.7 Å². The van der Waals surface area contributed by atoms with Gasteiger partial charge in [-0.2, -0.15) is 0 Å². The molecule has 0 fully saturated rings. The molecule has 7 aromatic carbocycles. The number of nitrogens with zero attached hydrogens (tertiary/aromatic N) is 4. The topological polar surface area (TPSA) is 56.7 Å². The molecule has 0 saturated heterocycles. The van der Waals surface area contributed by atoms with E-state index in [2.05, 4.69) is 114 Å². The van der Waals surface area contributed by atoms with Gasteiger partial charge < -0.3 is 8.98 Å². The van der Waals surface area contributed by atoms with Crippen LogP contribution >= 0.6 is 0 Å². The maximum Gasteiger partial charge on any atom is 0.167 e. The lowest BCUT2D eigenvalue weighted by molar-refractivity contribution is 0.669. The molecule has 0 spiro atoms. The number of aromatic nitrogens is 4. The summed E-state index contributed by atoms with van der Waals surface area (Å²) >= 11 is 0. The van der Waals surface area contributed by atoms with Crippen LogP contribution in [0.1, 0.15) is 0 Å². The molecule has 0 amide bonds. The monoisotopic (exact) mass is 640 g/mol. The van der Waals surface area contributed by atoms with Gasteiger partial charge in [0.05, 0.1) is 22.3 Å². The third-order valence-electron chi connectivity index (χ3n) is 9.48. The number of rotatable bonds is 5. The van der Waals surface area contributed by atoms with Crippen LogP contribution in [0.3, 0.4) is 0 Å². The lowest BCUT2D eigenvalue weighted by Gasteiger charge is -2.14. The number of hydrogen-bond donors (Lipinski definition) is 0. The molecule has 5 nitrogen and oxygen atoms in total. The number of furan rings is 1. The predicted molar refractivity (Wildman–Crippen MR) is 203 cm³/mol. The Bertz CT molecular complexity index is 2820. The zero-order valence-corrected chi connectivity index (χ0v) is 26.9. The summed E-state index contributed by atoms with van der Waals surface area (Å²) in [4.78, 5) is 15.5. The van der Waals surface area contributed by atoms with Crippen molar-refractivity contribution in [3.8, 4) is 51.0 Å². The number of hydrogen-bond acceptors (Lipinski definition) is 4. The quantitative estimate of drug-likeness (QED) is 0.188. The van der Waals surface area contributed by atoms with E-state index in [4.69, 9.17) is 19.4 Å². The molecule has 10 aromatic rings. The van der Waals surface area contributed by atoms with Crippen LogP contribution in [0.2, 0.25) is 0 Å². The average molecular weight is 641 g/mol. The predicted octanol–water partition coefficient (Wildman–Crippen LogP) is 11.5. The van der Waals surface area contributed by atoms with Crippen LogP contribution in [0, 0.1) is 0 Å². The average Bonchev–Trinajstić information content (AvgIpc) is 3.74. The van der Waals surface area contributed by atoms with Crippen molar-refractivity contribution in [1.29, 1.82) is 0 Å². The molecule has 3 aromatic heterocycles. The maximum atomic E-state index is 6.67. The second-order valence-electron chi connectivity index (χ2n) is 12.4. The van der Waals surface area contributed by atoms with Gasteiger partial charge >= 0.3 is 0 Å². The number of fused-ring (bicyclic) bond motifs is 6. The van der Waals surface area contributed by atoms with Gasteiger partial charge in [-0.15, -0.1) is 0 Å². The smallest absolute Gasteiger partial charge is 0.167 e. The van der Waals surface area contributed by atoms with E-state index in [1.165, 1.54) is 10.8 Å². The Morgan fingerprint density at radius 3 is 1.64 bits per heavy atom. The summed E-state index contributed by atoms with van der Waals surface area (Å²) in [7, 11) is 0. The largest absolute Gasteiger partial charge is 0.455 e. The van der Waals surface area contributed by atoms with Crippen LogP contribution in [0.15, 0.2) is 174 Å². The van der Waals surface area contributed by atoms with Crippen molar-refractivity contribution in [3.05, 3.63) is 170 Å². The van der Waals surface area contributed by atoms with Gasteiger partial charge in [-0.3, -0.25) is 0 Å². The zero-order chi connectivity index (χ0) is 33.0. The molecule has 0 atom stereocenters. The molecule has 0 saturated carbocycles. The van der Waals surface area contributed by atoms with Crippen LogP contribution in [-0.4, -0.2) is 19.5 Å². The van der Waals surface area contributed by atoms with Crippen molar-refractivity contribution in [2.45, 2.75) is 0 Å². The first-order valence-electron chi connectivity index (χ1n) is 16.7. The van der Waals surface area contributed by atoms with Crippen LogP contribution < -0.4 is 0 Å². The van der Waals surface area contributed by atoms with E-state index in [1.54, 1.807) is 0 Å². The first-order valence-corrected chi connectivity index (χ1v) is 16.7. The molecule has 234 valence electrons. The third kappa shape index (κ3) is 4.45. The molecular weight excluding hydrogens is 613 g/mol. The van der Waals surface area contributed by atoms with Gasteiger partial charge in [0.15, 0.2) is 17.5 Å². The fourth-order valence-electron chi connectivity index (χ4n) is 7.26. The SMILES string of the molecule is c1ccc(-c2nc(-c3ccccc3-n3c4ccccc4c4ccccc43)nc(-c3cccc4c3oc3cccc(-c5ccccc5)c34)n2)cc1. The van der Waals surface area contributed by atoms with Crippen molar-refractivity contribution in [2.75, 3.05) is 0 Å². The Morgan fingerprint density at radius 2 is 0.900 bits per heavy atom. The number of benzene rings is 7. The minimum atomic E-state index is 0.553. The first kappa shape index (κ1) is 28.2. The summed E-state index contributed by atoms with van der Waals surface area (Å²) in [5.74, 6) is 1.74. The molecule has 0 bridgehead atoms. The second kappa shape index (κ2) is 11.4. The van der Waals surface area contributed by atoms with Crippen LogP contribution in [-0.2, 0) is 0 Å². The summed E-state index contributed by atoms with van der Waals surface area (Å²) in [6.07, 6.45) is 0. The molecule has 5 heteroatoms. The Kier molecular flexibility index (Phi) is 6.42. The summed E-state index contributed by atoms with van der Waals surface area (Å²) < 4.78 is 8.98. The molecule has 0 aliphatic carbocycles. The highest BCUT2D eigenvalue weighted by Gasteiger charge is 2.21. The third-order valence-corrected chi connectivity index (χ3v) is 9.48. The Hall–Kier alpha value is -6.85. The fourth-order valence-corrected chi connectivity index (χ4v) is 7.26. The zero-order valence-electron chi connectivity index (χ0n) is 26.9. The van der Waals surface area contributed by atoms with E-state index in [-0.39, 0.29) is 0 Å². The molecule has 0 aliphatic heterocycles. The van der Waals surface area contributed by atoms with Gasteiger partial charge in [0.2, 0.25) is 0 Å². The Morgan fingerprint density at radius 1 is 0.380 bits per heavy atom. The Labute approximate surface area is 287 Å². The van der Waals surface area contributed by atoms with E-state index < -0.39 is 0 Å². The first-order chi connectivity index (χ1) is 24.8. The van der Waals surface area contributed by atoms with Crippen molar-refractivity contribution >= 4 is 43.7 Å². The normalized spacial score (nSPS) is 11.6. The maximum absolute atomic E-state index is 6.67. The molecule has 0 radical (unpaired) electrons. The minimum absolute atomic E-state index is 0.553. The van der Waals surface area contributed by atoms with E-state index in [9.17, 15) is 0 Å². The van der Waals surface area contributed by atoms with Gasteiger partial charge in [0.25, 0.3) is 0 Å². The van der Waals surface area contributed by atoms with Gasteiger partial charge in [-0.25, -0.2) is 15.0 Å². The summed E-state index contributed by atoms with van der Waals surface area (Å²) in [5.41, 5.74) is 9.71. The highest BCUT2D eigenvalue weighted by Crippen LogP contribution is 2.41. The van der Waals surface area contributed by atoms with E-state index in [0.29, 0.717) is 17.5 Å². The summed E-state index contributed by atoms with van der Waals surface area (Å²) in [6.45, 7) is 0. The van der Waals surface area contributed by atoms with Gasteiger partial charge in [-0.1, -0.05) is 133 Å². The van der Waals surface area contributed by atoms with E-state index in [0.717, 1.165) is 66.5 Å². The summed E-state index contributed by atoms with van der Waals surface area (Å²) in [6, 6.07) is 58.4. The molecule has 50 heavy (non-hydrogen) atoms. The minimum Gasteiger partial charge on any atom is -0.455 e. The van der Waals surface area contributed by atoms with Crippen molar-refractivity contribution in [3.63, 3.8) is 0 Å². The molecule has 0 aliphatic rings. The Balaban J connectivity index is 1.23. The van der Waals surface area contributed by atoms with Crippen molar-refractivity contribution in [2.24, 2.45) is 0 Å². The second-order valence-corrected chi connectivity index (χ2v) is 12.4. The molecule has 0 N–H and O–H groups in total. The van der Waals surface area contributed by atoms with Crippen molar-refractivity contribution in [1.82, 2.24) is 19.5 Å². The summed E-state index contributed by atoms with van der Waals surface area (Å²) in [5, 5.41) is 4.49. The van der Waals surface area contributed by atoms with Crippen molar-refractivity contribution < 1.29 is 4.42 Å². The van der Waals surface area contributed by atoms with Crippen LogP contribution in [0.5, 0.6) is 0 Å². The molecule has 10 rings (SSSR count). The van der Waals surface area contributed by atoms with Gasteiger partial charge in [0.1, 0.15) is 11.2 Å². The number of para-hydroxylation sites is 4. The molecule has 3 heterocycles. The standard InChI is InChI=1S/C45H28N4O/c1-3-15-29(16-4-1)31-22-14-28-40-41(31)35-23-13-24-36(42(35)50-40)45-47-43(30-17-5-2-6-18-30)46-44(48-45)34-21-9-12-27-39(34)49-37-25-10-7-19-32(37)33-20-8-11-26-38(33)49/h1-28H. The van der Waals surface area contributed by atoms with Gasteiger partial charge in [-0.05, 0) is 47.5 Å². The lowest BCUT2D eigenvalue weighted by Crippen LogP contribution is -2.03. The highest BCUT2D eigenvalue weighted by atomic mass is 16.3. The lowest BCUT2D eigenvalue weighted by atomic mass is 9.99. The highest BCUT2D eigenvalue weighted by molar-refractivity contribution is 6.15. The van der Waals surface area contributed by atoms with Gasteiger partial charge in [0, 0.05) is 32.7 Å². The molecular formula is C45H28N4O. The van der Waals surface area contributed by atoms with E-state index >= 15 is 0 Å². The molecule has 0 unspecified atom stereocenters.